The molecule has 0 aromatic heterocycles. The third kappa shape index (κ3) is 2.24. The van der Waals surface area contributed by atoms with E-state index in [-0.39, 0.29) is 17.8 Å². The van der Waals surface area contributed by atoms with Crippen molar-refractivity contribution >= 4 is 11.8 Å². The summed E-state index contributed by atoms with van der Waals surface area (Å²) >= 11 is 0. The fraction of sp³-hybridized carbons (Fsp3) is 0.750. The van der Waals surface area contributed by atoms with Crippen LogP contribution in [0.3, 0.4) is 0 Å². The van der Waals surface area contributed by atoms with E-state index in [0.717, 1.165) is 37.0 Å². The SMILES string of the molecule is C=C(C)C(=O)OCC(=O)C12CC3CC(CC(C3)C1)C2. The monoisotopic (exact) mass is 262 g/mol. The number of rotatable bonds is 4. The smallest absolute Gasteiger partial charge is 0.333 e. The predicted molar refractivity (Wildman–Crippen MR) is 71.4 cm³/mol. The Hall–Kier alpha value is -1.12. The van der Waals surface area contributed by atoms with Crippen LogP contribution >= 0.6 is 0 Å². The summed E-state index contributed by atoms with van der Waals surface area (Å²) in [5, 5.41) is 0. The quantitative estimate of drug-likeness (QED) is 0.578. The highest BCUT2D eigenvalue weighted by Gasteiger charge is 2.54. The first-order chi connectivity index (χ1) is 8.98. The second-order valence-corrected chi connectivity index (χ2v) is 6.98. The molecule has 4 rings (SSSR count). The van der Waals surface area contributed by atoms with E-state index in [2.05, 4.69) is 6.58 Å². The summed E-state index contributed by atoms with van der Waals surface area (Å²) in [6, 6.07) is 0. The van der Waals surface area contributed by atoms with Crippen LogP contribution in [0.1, 0.15) is 45.4 Å². The molecule has 0 N–H and O–H groups in total. The number of Topliss-reactive ketones (excluding diaryl/α,β-unsaturated/α-hetero) is 1. The summed E-state index contributed by atoms with van der Waals surface area (Å²) in [5.74, 6) is 1.94. The zero-order valence-electron chi connectivity index (χ0n) is 11.6. The van der Waals surface area contributed by atoms with Gasteiger partial charge >= 0.3 is 5.97 Å². The lowest BCUT2D eigenvalue weighted by atomic mass is 9.48. The summed E-state index contributed by atoms with van der Waals surface area (Å²) in [7, 11) is 0. The summed E-state index contributed by atoms with van der Waals surface area (Å²) < 4.78 is 5.07. The molecule has 4 aliphatic rings. The first-order valence-corrected chi connectivity index (χ1v) is 7.34. The molecule has 4 fully saturated rings. The van der Waals surface area contributed by atoms with Gasteiger partial charge in [-0.05, 0) is 63.2 Å². The largest absolute Gasteiger partial charge is 0.454 e. The summed E-state index contributed by atoms with van der Waals surface area (Å²) in [6.07, 6.45) is 7.04. The van der Waals surface area contributed by atoms with Crippen molar-refractivity contribution < 1.29 is 14.3 Å². The van der Waals surface area contributed by atoms with Crippen LogP contribution < -0.4 is 0 Å². The van der Waals surface area contributed by atoms with Gasteiger partial charge in [0.05, 0.1) is 0 Å². The standard InChI is InChI=1S/C16H22O3/c1-10(2)15(18)19-9-14(17)16-6-11-3-12(7-16)5-13(4-11)8-16/h11-13H,1,3-9H2,2H3. The van der Waals surface area contributed by atoms with Crippen LogP contribution in [0.5, 0.6) is 0 Å². The Labute approximate surface area is 114 Å². The lowest BCUT2D eigenvalue weighted by Crippen LogP contribution is -2.51. The molecule has 0 aromatic rings. The molecule has 0 saturated heterocycles. The average molecular weight is 262 g/mol. The molecule has 0 atom stereocenters. The van der Waals surface area contributed by atoms with Gasteiger partial charge in [-0.2, -0.15) is 0 Å². The van der Waals surface area contributed by atoms with Crippen molar-refractivity contribution in [1.82, 2.24) is 0 Å². The highest BCUT2D eigenvalue weighted by atomic mass is 16.5. The predicted octanol–water partition coefficient (Wildman–Crippen LogP) is 2.89. The van der Waals surface area contributed by atoms with Crippen LogP contribution in [0.2, 0.25) is 0 Å². The number of carbonyl (C=O) groups excluding carboxylic acids is 2. The molecule has 0 unspecified atom stereocenters. The Morgan fingerprint density at radius 1 is 1.11 bits per heavy atom. The van der Waals surface area contributed by atoms with Crippen LogP contribution in [-0.4, -0.2) is 18.4 Å². The topological polar surface area (TPSA) is 43.4 Å². The molecule has 0 aliphatic heterocycles. The second-order valence-electron chi connectivity index (χ2n) is 6.98. The van der Waals surface area contributed by atoms with Gasteiger partial charge < -0.3 is 4.74 Å². The minimum atomic E-state index is -0.446. The molecular weight excluding hydrogens is 240 g/mol. The maximum absolute atomic E-state index is 12.5. The van der Waals surface area contributed by atoms with Crippen molar-refractivity contribution in [2.45, 2.75) is 45.4 Å². The van der Waals surface area contributed by atoms with E-state index in [0.29, 0.717) is 5.57 Å². The molecule has 3 nitrogen and oxygen atoms in total. The van der Waals surface area contributed by atoms with E-state index in [1.807, 2.05) is 0 Å². The third-order valence-electron chi connectivity index (χ3n) is 5.31. The van der Waals surface area contributed by atoms with Crippen molar-refractivity contribution in [3.05, 3.63) is 12.2 Å². The fourth-order valence-corrected chi connectivity index (χ4v) is 4.86. The fourth-order valence-electron chi connectivity index (χ4n) is 4.86. The van der Waals surface area contributed by atoms with Crippen LogP contribution in [0.15, 0.2) is 12.2 Å². The molecule has 19 heavy (non-hydrogen) atoms. The van der Waals surface area contributed by atoms with Gasteiger partial charge in [0.15, 0.2) is 12.4 Å². The normalized spacial score (nSPS) is 39.1. The second kappa shape index (κ2) is 4.46. The Morgan fingerprint density at radius 3 is 2.00 bits per heavy atom. The third-order valence-corrected chi connectivity index (χ3v) is 5.31. The Balaban J connectivity index is 1.66. The first kappa shape index (κ1) is 12.9. The average Bonchev–Trinajstić information content (AvgIpc) is 2.33. The molecule has 0 amide bonds. The van der Waals surface area contributed by atoms with Gasteiger partial charge in [0.2, 0.25) is 0 Å². The number of hydrogen-bond donors (Lipinski definition) is 0. The molecule has 4 aliphatic carbocycles. The van der Waals surface area contributed by atoms with Crippen molar-refractivity contribution in [2.24, 2.45) is 23.2 Å². The summed E-state index contributed by atoms with van der Waals surface area (Å²) in [6.45, 7) is 5.09. The highest BCUT2D eigenvalue weighted by molar-refractivity contribution is 5.91. The maximum Gasteiger partial charge on any atom is 0.333 e. The van der Waals surface area contributed by atoms with Crippen molar-refractivity contribution in [1.29, 1.82) is 0 Å². The molecular formula is C16H22O3. The number of ether oxygens (including phenoxy) is 1. The zero-order valence-corrected chi connectivity index (χ0v) is 11.6. The highest BCUT2D eigenvalue weighted by Crippen LogP contribution is 2.60. The molecule has 0 aromatic carbocycles. The van der Waals surface area contributed by atoms with Gasteiger partial charge in [-0.1, -0.05) is 6.58 Å². The van der Waals surface area contributed by atoms with Gasteiger partial charge in [-0.25, -0.2) is 4.79 Å². The van der Waals surface area contributed by atoms with Crippen molar-refractivity contribution in [3.8, 4) is 0 Å². The van der Waals surface area contributed by atoms with Crippen molar-refractivity contribution in [2.75, 3.05) is 6.61 Å². The first-order valence-electron chi connectivity index (χ1n) is 7.34. The molecule has 0 radical (unpaired) electrons. The van der Waals surface area contributed by atoms with Gasteiger partial charge in [0, 0.05) is 11.0 Å². The van der Waals surface area contributed by atoms with E-state index >= 15 is 0 Å². The Bertz CT molecular complexity index is 400. The van der Waals surface area contributed by atoms with Crippen LogP contribution in [0.4, 0.5) is 0 Å². The molecule has 4 saturated carbocycles. The van der Waals surface area contributed by atoms with E-state index in [1.54, 1.807) is 6.92 Å². The Kier molecular flexibility index (Phi) is 3.03. The van der Waals surface area contributed by atoms with E-state index in [4.69, 9.17) is 4.74 Å². The van der Waals surface area contributed by atoms with E-state index < -0.39 is 5.97 Å². The van der Waals surface area contributed by atoms with Crippen molar-refractivity contribution in [3.63, 3.8) is 0 Å². The molecule has 0 heterocycles. The maximum atomic E-state index is 12.5. The number of ketones is 1. The minimum Gasteiger partial charge on any atom is -0.454 e. The summed E-state index contributed by atoms with van der Waals surface area (Å²) in [5.41, 5.74) is 0.197. The lowest BCUT2D eigenvalue weighted by molar-refractivity contribution is -0.155. The number of esters is 1. The van der Waals surface area contributed by atoms with Gasteiger partial charge in [-0.15, -0.1) is 0 Å². The lowest BCUT2D eigenvalue weighted by Gasteiger charge is -2.55. The minimum absolute atomic E-state index is 0.0577. The number of carbonyl (C=O) groups is 2. The number of hydrogen-bond acceptors (Lipinski definition) is 3. The molecule has 0 spiro atoms. The zero-order chi connectivity index (χ0) is 13.6. The van der Waals surface area contributed by atoms with Gasteiger partial charge in [-0.3, -0.25) is 4.79 Å². The molecule has 4 bridgehead atoms. The van der Waals surface area contributed by atoms with E-state index in [9.17, 15) is 9.59 Å². The van der Waals surface area contributed by atoms with Gasteiger partial charge in [0.1, 0.15) is 0 Å². The van der Waals surface area contributed by atoms with Gasteiger partial charge in [0.25, 0.3) is 0 Å². The molecule has 3 heteroatoms. The van der Waals surface area contributed by atoms with Crippen LogP contribution in [-0.2, 0) is 14.3 Å². The Morgan fingerprint density at radius 2 is 1.58 bits per heavy atom. The van der Waals surface area contributed by atoms with E-state index in [1.165, 1.54) is 19.3 Å². The van der Waals surface area contributed by atoms with Crippen LogP contribution in [0.25, 0.3) is 0 Å². The molecule has 104 valence electrons. The van der Waals surface area contributed by atoms with Crippen LogP contribution in [0, 0.1) is 23.2 Å². The summed E-state index contributed by atoms with van der Waals surface area (Å²) in [4.78, 5) is 23.9.